The summed E-state index contributed by atoms with van der Waals surface area (Å²) in [6.07, 6.45) is 0.262. The highest BCUT2D eigenvalue weighted by Crippen LogP contribution is 2.47. The summed E-state index contributed by atoms with van der Waals surface area (Å²) in [7, 11) is 0. The van der Waals surface area contributed by atoms with Gasteiger partial charge >= 0.3 is 0 Å². The molecule has 3 atom stereocenters. The first kappa shape index (κ1) is 14.0. The maximum Gasteiger partial charge on any atom is 0.128 e. The number of fused-ring (bicyclic) bond motifs is 1. The van der Waals surface area contributed by atoms with Gasteiger partial charge in [0.25, 0.3) is 0 Å². The van der Waals surface area contributed by atoms with E-state index >= 15 is 0 Å². The molecule has 0 bridgehead atoms. The predicted octanol–water partition coefficient (Wildman–Crippen LogP) is 2.58. The predicted molar refractivity (Wildman–Crippen MR) is 78.6 cm³/mol. The number of nitrogens with zero attached hydrogens (tertiary/aromatic N) is 1. The Hall–Kier alpha value is -0.910. The number of aliphatic imine (C=N–C) groups is 1. The third-order valence-electron chi connectivity index (χ3n) is 4.14. The van der Waals surface area contributed by atoms with Crippen LogP contribution in [0.2, 0.25) is 0 Å². The quantitative estimate of drug-likeness (QED) is 0.912. The van der Waals surface area contributed by atoms with Crippen molar-refractivity contribution >= 4 is 16.8 Å². The van der Waals surface area contributed by atoms with E-state index in [1.807, 2.05) is 19.1 Å². The Kier molecular flexibility index (Phi) is 3.84. The molecule has 5 heteroatoms. The zero-order chi connectivity index (χ0) is 14.2. The molecule has 0 saturated carbocycles. The third kappa shape index (κ3) is 2.28. The van der Waals surface area contributed by atoms with Gasteiger partial charge in [0.2, 0.25) is 0 Å². The molecule has 1 saturated heterocycles. The minimum Gasteiger partial charge on any atom is -0.394 e. The van der Waals surface area contributed by atoms with Gasteiger partial charge in [0.15, 0.2) is 0 Å². The molecule has 3 nitrogen and oxygen atoms in total. The number of ether oxygens (including phenoxy) is 1. The first-order valence-corrected chi connectivity index (χ1v) is 7.81. The van der Waals surface area contributed by atoms with Crippen LogP contribution in [-0.2, 0) is 10.3 Å². The molecule has 1 aromatic carbocycles. The Balaban J connectivity index is 2.11. The SMILES string of the molecule is CC1=N[C@@]2(c3ccccc3F)CC(CO)OCC2CS1. The Morgan fingerprint density at radius 3 is 3.05 bits per heavy atom. The molecule has 0 aliphatic carbocycles. The van der Waals surface area contributed by atoms with Gasteiger partial charge in [0, 0.05) is 23.7 Å². The molecule has 108 valence electrons. The highest BCUT2D eigenvalue weighted by molar-refractivity contribution is 8.13. The minimum absolute atomic E-state index is 0.0510. The largest absolute Gasteiger partial charge is 0.394 e. The number of aliphatic hydroxyl groups excluding tert-OH is 1. The Morgan fingerprint density at radius 2 is 2.30 bits per heavy atom. The maximum absolute atomic E-state index is 14.3. The standard InChI is InChI=1S/C15H18FNO2S/c1-10-17-15(13-4-2-3-5-14(13)16)6-12(7-18)19-8-11(15)9-20-10/h2-5,11-12,18H,6-9H2,1H3/t11?,12?,15-/m0/s1. The van der Waals surface area contributed by atoms with Gasteiger partial charge in [0.1, 0.15) is 5.82 Å². The minimum atomic E-state index is -0.591. The van der Waals surface area contributed by atoms with Crippen LogP contribution in [0.4, 0.5) is 4.39 Å². The van der Waals surface area contributed by atoms with Crippen molar-refractivity contribution in [1.29, 1.82) is 0 Å². The van der Waals surface area contributed by atoms with E-state index in [4.69, 9.17) is 9.73 Å². The van der Waals surface area contributed by atoms with Gasteiger partial charge in [-0.25, -0.2) is 4.39 Å². The molecule has 1 N–H and O–H groups in total. The molecule has 0 aromatic heterocycles. The lowest BCUT2D eigenvalue weighted by molar-refractivity contribution is -0.0743. The molecule has 2 heterocycles. The second kappa shape index (κ2) is 5.47. The highest BCUT2D eigenvalue weighted by atomic mass is 32.2. The first-order valence-electron chi connectivity index (χ1n) is 6.82. The molecular formula is C15H18FNO2S. The molecule has 2 aliphatic rings. The van der Waals surface area contributed by atoms with E-state index in [-0.39, 0.29) is 24.4 Å². The highest BCUT2D eigenvalue weighted by Gasteiger charge is 2.49. The van der Waals surface area contributed by atoms with Crippen LogP contribution in [0.25, 0.3) is 0 Å². The number of thioether (sulfide) groups is 1. The fraction of sp³-hybridized carbons (Fsp3) is 0.533. The second-order valence-corrected chi connectivity index (χ2v) is 6.60. The molecule has 0 amide bonds. The molecule has 3 rings (SSSR count). The van der Waals surface area contributed by atoms with Crippen LogP contribution >= 0.6 is 11.8 Å². The first-order chi connectivity index (χ1) is 9.65. The molecule has 1 aromatic rings. The number of rotatable bonds is 2. The van der Waals surface area contributed by atoms with Crippen molar-refractivity contribution in [3.8, 4) is 0 Å². The van der Waals surface area contributed by atoms with E-state index in [2.05, 4.69) is 0 Å². The van der Waals surface area contributed by atoms with Crippen LogP contribution in [0, 0.1) is 11.7 Å². The molecule has 20 heavy (non-hydrogen) atoms. The monoisotopic (exact) mass is 295 g/mol. The lowest BCUT2D eigenvalue weighted by atomic mass is 9.73. The fourth-order valence-corrected chi connectivity index (χ4v) is 4.18. The van der Waals surface area contributed by atoms with Gasteiger partial charge in [-0.1, -0.05) is 18.2 Å². The lowest BCUT2D eigenvalue weighted by Gasteiger charge is -2.46. The van der Waals surface area contributed by atoms with E-state index in [1.165, 1.54) is 6.07 Å². The van der Waals surface area contributed by atoms with Crippen molar-refractivity contribution in [2.45, 2.75) is 25.0 Å². The summed E-state index contributed by atoms with van der Waals surface area (Å²) in [5.74, 6) is 0.803. The van der Waals surface area contributed by atoms with Crippen LogP contribution in [0.15, 0.2) is 29.3 Å². The van der Waals surface area contributed by atoms with Crippen molar-refractivity contribution in [2.75, 3.05) is 19.0 Å². The Labute approximate surface area is 122 Å². The molecule has 2 unspecified atom stereocenters. The topological polar surface area (TPSA) is 41.8 Å². The summed E-state index contributed by atoms with van der Waals surface area (Å²) in [4.78, 5) is 4.81. The average Bonchev–Trinajstić information content (AvgIpc) is 2.46. The van der Waals surface area contributed by atoms with Gasteiger partial charge in [0.05, 0.1) is 29.9 Å². The normalized spacial score (nSPS) is 33.5. The number of hydrogen-bond donors (Lipinski definition) is 1. The van der Waals surface area contributed by atoms with E-state index < -0.39 is 5.54 Å². The van der Waals surface area contributed by atoms with Crippen molar-refractivity contribution in [1.82, 2.24) is 0 Å². The fourth-order valence-electron chi connectivity index (χ4n) is 3.14. The summed E-state index contributed by atoms with van der Waals surface area (Å²) in [5.41, 5.74) is 0.0400. The lowest BCUT2D eigenvalue weighted by Crippen LogP contribution is -2.49. The van der Waals surface area contributed by atoms with Crippen molar-refractivity contribution in [3.05, 3.63) is 35.6 Å². The van der Waals surface area contributed by atoms with Gasteiger partial charge in [-0.05, 0) is 13.0 Å². The third-order valence-corrected chi connectivity index (χ3v) is 5.22. The number of halogens is 1. The molecule has 2 aliphatic heterocycles. The van der Waals surface area contributed by atoms with Crippen molar-refractivity contribution < 1.29 is 14.2 Å². The molecule has 0 radical (unpaired) electrons. The Morgan fingerprint density at radius 1 is 1.50 bits per heavy atom. The van der Waals surface area contributed by atoms with Crippen LogP contribution in [0.3, 0.4) is 0 Å². The summed E-state index contributed by atoms with van der Waals surface area (Å²) in [6.45, 7) is 2.43. The summed E-state index contributed by atoms with van der Waals surface area (Å²) in [5, 5.41) is 10.4. The number of hydrogen-bond acceptors (Lipinski definition) is 4. The van der Waals surface area contributed by atoms with Crippen LogP contribution < -0.4 is 0 Å². The van der Waals surface area contributed by atoms with E-state index in [0.717, 1.165) is 10.8 Å². The van der Waals surface area contributed by atoms with Gasteiger partial charge in [-0.3, -0.25) is 4.99 Å². The summed E-state index contributed by atoms with van der Waals surface area (Å²) < 4.78 is 20.0. The molecule has 1 fully saturated rings. The zero-order valence-corrected chi connectivity index (χ0v) is 12.2. The van der Waals surface area contributed by atoms with E-state index in [0.29, 0.717) is 18.6 Å². The molecule has 0 spiro atoms. The van der Waals surface area contributed by atoms with Gasteiger partial charge in [-0.15, -0.1) is 11.8 Å². The van der Waals surface area contributed by atoms with Crippen LogP contribution in [-0.4, -0.2) is 35.2 Å². The zero-order valence-electron chi connectivity index (χ0n) is 11.4. The number of aliphatic hydroxyl groups is 1. The second-order valence-electron chi connectivity index (χ2n) is 5.38. The van der Waals surface area contributed by atoms with Gasteiger partial charge < -0.3 is 9.84 Å². The van der Waals surface area contributed by atoms with Crippen LogP contribution in [0.5, 0.6) is 0 Å². The van der Waals surface area contributed by atoms with Crippen molar-refractivity contribution in [3.63, 3.8) is 0 Å². The van der Waals surface area contributed by atoms with Gasteiger partial charge in [-0.2, -0.15) is 0 Å². The van der Waals surface area contributed by atoms with Crippen molar-refractivity contribution in [2.24, 2.45) is 10.9 Å². The average molecular weight is 295 g/mol. The summed E-state index contributed by atoms with van der Waals surface area (Å²) >= 11 is 1.70. The summed E-state index contributed by atoms with van der Waals surface area (Å²) in [6, 6.07) is 6.84. The van der Waals surface area contributed by atoms with E-state index in [9.17, 15) is 9.50 Å². The van der Waals surface area contributed by atoms with Crippen LogP contribution in [0.1, 0.15) is 18.9 Å². The Bertz CT molecular complexity index is 536. The molecular weight excluding hydrogens is 277 g/mol. The smallest absolute Gasteiger partial charge is 0.128 e. The van der Waals surface area contributed by atoms with E-state index in [1.54, 1.807) is 17.8 Å². The maximum atomic E-state index is 14.3. The number of benzene rings is 1.